The molecule has 0 aliphatic carbocycles. The van der Waals surface area contributed by atoms with Crippen LogP contribution in [0.2, 0.25) is 0 Å². The van der Waals surface area contributed by atoms with E-state index in [0.717, 1.165) is 12.8 Å². The zero-order chi connectivity index (χ0) is 20.3. The van der Waals surface area contributed by atoms with E-state index in [1.807, 2.05) is 25.1 Å². The monoisotopic (exact) mass is 385 g/mol. The zero-order valence-electron chi connectivity index (χ0n) is 18.4. The molecule has 0 fully saturated rings. The average Bonchev–Trinajstić information content (AvgIpc) is 2.71. The lowest BCUT2D eigenvalue weighted by Gasteiger charge is -2.14. The summed E-state index contributed by atoms with van der Waals surface area (Å²) >= 11 is 0. The van der Waals surface area contributed by atoms with E-state index in [9.17, 15) is 4.79 Å². The van der Waals surface area contributed by atoms with Gasteiger partial charge in [0.25, 0.3) is 0 Å². The molecule has 2 heteroatoms. The summed E-state index contributed by atoms with van der Waals surface area (Å²) < 4.78 is 0. The van der Waals surface area contributed by atoms with Crippen LogP contribution in [0.5, 0.6) is 0 Å². The minimum atomic E-state index is 0.0943. The van der Waals surface area contributed by atoms with Crippen LogP contribution in [-0.4, -0.2) is 5.91 Å². The smallest absolute Gasteiger partial charge is 0.220 e. The van der Waals surface area contributed by atoms with Gasteiger partial charge >= 0.3 is 0 Å². The topological polar surface area (TPSA) is 29.1 Å². The highest BCUT2D eigenvalue weighted by atomic mass is 16.1. The Morgan fingerprint density at radius 3 is 1.96 bits per heavy atom. The molecule has 0 aliphatic rings. The van der Waals surface area contributed by atoms with Crippen LogP contribution in [0.25, 0.3) is 0 Å². The van der Waals surface area contributed by atoms with Crippen molar-refractivity contribution in [2.75, 3.05) is 0 Å². The number of unbranched alkanes of at least 4 members (excludes halogenated alkanes) is 11. The van der Waals surface area contributed by atoms with Gasteiger partial charge in [0.05, 0.1) is 6.04 Å². The normalized spacial score (nSPS) is 12.4. The number of hydrogen-bond acceptors (Lipinski definition) is 1. The quantitative estimate of drug-likeness (QED) is 0.214. The number of carbonyl (C=O) groups excluding carboxylic acids is 1. The zero-order valence-corrected chi connectivity index (χ0v) is 18.4. The predicted octanol–water partition coefficient (Wildman–Crippen LogP) is 7.90. The van der Waals surface area contributed by atoms with Crippen LogP contribution in [0.15, 0.2) is 42.5 Å². The van der Waals surface area contributed by atoms with Gasteiger partial charge in [-0.05, 0) is 44.6 Å². The van der Waals surface area contributed by atoms with Crippen molar-refractivity contribution in [3.8, 4) is 0 Å². The molecule has 0 unspecified atom stereocenters. The van der Waals surface area contributed by atoms with Gasteiger partial charge in [0.1, 0.15) is 0 Å². The summed E-state index contributed by atoms with van der Waals surface area (Å²) in [6.45, 7) is 4.32. The summed E-state index contributed by atoms with van der Waals surface area (Å²) in [5.74, 6) is 0.175. The van der Waals surface area contributed by atoms with E-state index < -0.39 is 0 Å². The second-order valence-electron chi connectivity index (χ2n) is 8.03. The van der Waals surface area contributed by atoms with Gasteiger partial charge in [-0.25, -0.2) is 0 Å². The van der Waals surface area contributed by atoms with Crippen molar-refractivity contribution in [3.63, 3.8) is 0 Å². The Kier molecular flexibility index (Phi) is 15.3. The molecule has 158 valence electrons. The van der Waals surface area contributed by atoms with Crippen molar-refractivity contribution >= 4 is 5.91 Å². The molecule has 2 nitrogen and oxygen atoms in total. The fraction of sp³-hybridized carbons (Fsp3) is 0.654. The minimum absolute atomic E-state index is 0.0943. The standard InChI is InChI=1S/C26H43NO/c1-3-4-5-6-7-8-9-10-11-12-13-14-15-16-20-23-26(28)27-24(2)25-21-18-17-19-22-25/h10-11,17-19,21-22,24H,3-9,12-16,20,23H2,1-2H3,(H,27,28)/b11-10-/t24-/m1/s1. The summed E-state index contributed by atoms with van der Waals surface area (Å²) in [5, 5.41) is 3.10. The van der Waals surface area contributed by atoms with E-state index in [1.165, 1.54) is 76.2 Å². The number of benzene rings is 1. The third-order valence-corrected chi connectivity index (χ3v) is 5.34. The number of hydrogen-bond donors (Lipinski definition) is 1. The second-order valence-corrected chi connectivity index (χ2v) is 8.03. The lowest BCUT2D eigenvalue weighted by atomic mass is 10.1. The molecule has 1 aromatic carbocycles. The number of rotatable bonds is 17. The third kappa shape index (κ3) is 13.6. The van der Waals surface area contributed by atoms with Crippen molar-refractivity contribution < 1.29 is 4.79 Å². The molecule has 0 aromatic heterocycles. The lowest BCUT2D eigenvalue weighted by molar-refractivity contribution is -0.121. The Balaban J connectivity index is 1.88. The number of nitrogens with one attached hydrogen (secondary N) is 1. The van der Waals surface area contributed by atoms with Gasteiger partial charge in [-0.1, -0.05) is 101 Å². The molecule has 0 radical (unpaired) electrons. The van der Waals surface area contributed by atoms with Crippen molar-refractivity contribution in [1.29, 1.82) is 0 Å². The van der Waals surface area contributed by atoms with Crippen LogP contribution < -0.4 is 5.32 Å². The van der Waals surface area contributed by atoms with Gasteiger partial charge in [0.15, 0.2) is 0 Å². The molecule has 1 rings (SSSR count). The Bertz CT molecular complexity index is 508. The Labute approximate surface area is 174 Å². The highest BCUT2D eigenvalue weighted by Gasteiger charge is 2.08. The van der Waals surface area contributed by atoms with Gasteiger partial charge in [-0.3, -0.25) is 4.79 Å². The third-order valence-electron chi connectivity index (χ3n) is 5.34. The maximum Gasteiger partial charge on any atom is 0.220 e. The van der Waals surface area contributed by atoms with Gasteiger partial charge in [-0.15, -0.1) is 0 Å². The molecule has 1 aromatic rings. The second kappa shape index (κ2) is 17.5. The number of allylic oxidation sites excluding steroid dienone is 2. The maximum atomic E-state index is 12.0. The fourth-order valence-electron chi connectivity index (χ4n) is 3.49. The van der Waals surface area contributed by atoms with E-state index in [4.69, 9.17) is 0 Å². The summed E-state index contributed by atoms with van der Waals surface area (Å²) in [6, 6.07) is 10.3. The molecule has 1 amide bonds. The van der Waals surface area contributed by atoms with Crippen molar-refractivity contribution in [3.05, 3.63) is 48.0 Å². The van der Waals surface area contributed by atoms with Crippen LogP contribution in [0.1, 0.15) is 115 Å². The van der Waals surface area contributed by atoms with Gasteiger partial charge in [0, 0.05) is 6.42 Å². The Morgan fingerprint density at radius 1 is 0.821 bits per heavy atom. The number of carbonyl (C=O) groups is 1. The molecule has 0 spiro atoms. The predicted molar refractivity (Wildman–Crippen MR) is 122 cm³/mol. The lowest BCUT2D eigenvalue weighted by Crippen LogP contribution is -2.26. The van der Waals surface area contributed by atoms with Crippen LogP contribution in [0, 0.1) is 0 Å². The molecule has 1 atom stereocenters. The van der Waals surface area contributed by atoms with Crippen molar-refractivity contribution in [2.45, 2.75) is 110 Å². The highest BCUT2D eigenvalue weighted by Crippen LogP contribution is 2.13. The van der Waals surface area contributed by atoms with E-state index in [0.29, 0.717) is 6.42 Å². The highest BCUT2D eigenvalue weighted by molar-refractivity contribution is 5.76. The van der Waals surface area contributed by atoms with E-state index in [2.05, 4.69) is 36.5 Å². The Hall–Kier alpha value is -1.57. The summed E-state index contributed by atoms with van der Waals surface area (Å²) in [7, 11) is 0. The first-order chi connectivity index (χ1) is 13.7. The molecule has 28 heavy (non-hydrogen) atoms. The molecule has 0 saturated heterocycles. The van der Waals surface area contributed by atoms with Crippen LogP contribution >= 0.6 is 0 Å². The molecule has 1 N–H and O–H groups in total. The largest absolute Gasteiger partial charge is 0.350 e. The molecule has 0 aliphatic heterocycles. The van der Waals surface area contributed by atoms with E-state index in [1.54, 1.807) is 0 Å². The average molecular weight is 386 g/mol. The summed E-state index contributed by atoms with van der Waals surface area (Å²) in [4.78, 5) is 12.0. The molecule has 0 saturated carbocycles. The maximum absolute atomic E-state index is 12.0. The first-order valence-corrected chi connectivity index (χ1v) is 11.7. The SMILES string of the molecule is CCCCCCCC/C=C\CCCCCCCC(=O)N[C@H](C)c1ccccc1. The first kappa shape index (κ1) is 24.5. The van der Waals surface area contributed by atoms with Gasteiger partial charge < -0.3 is 5.32 Å². The fourth-order valence-corrected chi connectivity index (χ4v) is 3.49. The Morgan fingerprint density at radius 2 is 1.36 bits per heavy atom. The van der Waals surface area contributed by atoms with Crippen molar-refractivity contribution in [1.82, 2.24) is 5.32 Å². The van der Waals surface area contributed by atoms with Crippen LogP contribution in [0.3, 0.4) is 0 Å². The molecular formula is C26H43NO. The van der Waals surface area contributed by atoms with E-state index in [-0.39, 0.29) is 11.9 Å². The molecule has 0 heterocycles. The molecular weight excluding hydrogens is 342 g/mol. The van der Waals surface area contributed by atoms with Gasteiger partial charge in [0.2, 0.25) is 5.91 Å². The minimum Gasteiger partial charge on any atom is -0.350 e. The van der Waals surface area contributed by atoms with Crippen LogP contribution in [-0.2, 0) is 4.79 Å². The summed E-state index contributed by atoms with van der Waals surface area (Å²) in [5.41, 5.74) is 1.17. The van der Waals surface area contributed by atoms with Gasteiger partial charge in [-0.2, -0.15) is 0 Å². The first-order valence-electron chi connectivity index (χ1n) is 11.7. The molecule has 0 bridgehead atoms. The summed E-state index contributed by atoms with van der Waals surface area (Å²) in [6.07, 6.45) is 22.1. The van der Waals surface area contributed by atoms with Crippen molar-refractivity contribution in [2.24, 2.45) is 0 Å². The van der Waals surface area contributed by atoms with Crippen LogP contribution in [0.4, 0.5) is 0 Å². The number of amides is 1. The van der Waals surface area contributed by atoms with E-state index >= 15 is 0 Å².